The van der Waals surface area contributed by atoms with E-state index in [0.717, 1.165) is 87.1 Å². The Kier molecular flexibility index (Phi) is 14.4. The van der Waals surface area contributed by atoms with E-state index in [4.69, 9.17) is 18.9 Å². The number of hydrogen-bond acceptors (Lipinski definition) is 6. The van der Waals surface area contributed by atoms with Crippen molar-refractivity contribution in [1.29, 1.82) is 0 Å². The molecule has 0 radical (unpaired) electrons. The van der Waals surface area contributed by atoms with Gasteiger partial charge < -0.3 is 18.9 Å². The van der Waals surface area contributed by atoms with Gasteiger partial charge in [0.25, 0.3) is 0 Å². The van der Waals surface area contributed by atoms with Gasteiger partial charge >= 0.3 is 11.9 Å². The van der Waals surface area contributed by atoms with E-state index in [1.165, 1.54) is 0 Å². The highest BCUT2D eigenvalue weighted by atomic mass is 31.1. The molecule has 0 saturated carbocycles. The number of esters is 2. The summed E-state index contributed by atoms with van der Waals surface area (Å²) in [6.45, 7) is 3.79. The molecule has 10 aromatic carbocycles. The van der Waals surface area contributed by atoms with E-state index < -0.39 is 27.7 Å². The van der Waals surface area contributed by atoms with Crippen molar-refractivity contribution < 1.29 is 28.5 Å². The maximum atomic E-state index is 14.8. The van der Waals surface area contributed by atoms with E-state index in [9.17, 15) is 9.59 Å². The number of carbonyl (C=O) groups excluding carboxylic acids is 2. The van der Waals surface area contributed by atoms with Crippen LogP contribution < -0.4 is 50.8 Å². The smallest absolute Gasteiger partial charge is 0.318 e. The van der Waals surface area contributed by atoms with Crippen LogP contribution in [0.1, 0.15) is 36.8 Å². The fourth-order valence-electron chi connectivity index (χ4n) is 9.17. The standard InChI is InChI=1S/C64H52O6P2/c1-43(45-31-33-49-41-51(67-3)37-35-47(49)39-45)63(65)69-59-29-17-27-57(61(59)71(53-19-9-5-10-20-53)54-21-11-6-12-22-54)58-28-18-30-60(62(58)72(55-23-13-7-14-24-55)56-25-15-8-16-26-56)70-64(66)44(2)46-32-34-50-42-52(68-4)38-36-48(50)40-46/h5-44H,1-4H3/t43-,44-/m0/s1. The van der Waals surface area contributed by atoms with Crippen molar-refractivity contribution in [3.05, 3.63) is 242 Å². The third-order valence-electron chi connectivity index (χ3n) is 13.1. The summed E-state index contributed by atoms with van der Waals surface area (Å²) in [4.78, 5) is 29.5. The largest absolute Gasteiger partial charge is 0.497 e. The zero-order valence-corrected chi connectivity index (χ0v) is 42.2. The van der Waals surface area contributed by atoms with Gasteiger partial charge in [-0.15, -0.1) is 0 Å². The molecule has 0 heterocycles. The lowest BCUT2D eigenvalue weighted by molar-refractivity contribution is -0.136. The maximum absolute atomic E-state index is 14.8. The lowest BCUT2D eigenvalue weighted by atomic mass is 9.97. The molecule has 0 aromatic heterocycles. The first kappa shape index (κ1) is 47.8. The molecule has 0 bridgehead atoms. The van der Waals surface area contributed by atoms with Crippen LogP contribution in [0, 0.1) is 0 Å². The molecular weight excluding hydrogens is 927 g/mol. The highest BCUT2D eigenvalue weighted by molar-refractivity contribution is 7.81. The second kappa shape index (κ2) is 21.6. The van der Waals surface area contributed by atoms with Crippen LogP contribution in [0.4, 0.5) is 0 Å². The van der Waals surface area contributed by atoms with Crippen molar-refractivity contribution in [2.24, 2.45) is 0 Å². The molecule has 72 heavy (non-hydrogen) atoms. The Hall–Kier alpha value is -7.88. The van der Waals surface area contributed by atoms with Crippen LogP contribution in [0.25, 0.3) is 32.7 Å². The minimum Gasteiger partial charge on any atom is -0.497 e. The molecule has 0 spiro atoms. The monoisotopic (exact) mass is 978 g/mol. The predicted octanol–water partition coefficient (Wildman–Crippen LogP) is 12.6. The van der Waals surface area contributed by atoms with Gasteiger partial charge in [-0.3, -0.25) is 9.59 Å². The highest BCUT2D eigenvalue weighted by Gasteiger charge is 2.32. The van der Waals surface area contributed by atoms with Crippen LogP contribution in [-0.2, 0) is 9.59 Å². The van der Waals surface area contributed by atoms with Crippen LogP contribution in [-0.4, -0.2) is 26.2 Å². The van der Waals surface area contributed by atoms with Gasteiger partial charge in [-0.25, -0.2) is 0 Å². The number of methoxy groups -OCH3 is 2. The van der Waals surface area contributed by atoms with Gasteiger partial charge in [-0.2, -0.15) is 0 Å². The molecule has 10 aromatic rings. The molecule has 0 N–H and O–H groups in total. The summed E-state index contributed by atoms with van der Waals surface area (Å²) in [5.41, 5.74) is 3.43. The summed E-state index contributed by atoms with van der Waals surface area (Å²) >= 11 is 0. The zero-order chi connectivity index (χ0) is 49.6. The Bertz CT molecular complexity index is 3220. The number of fused-ring (bicyclic) bond motifs is 2. The highest BCUT2D eigenvalue weighted by Crippen LogP contribution is 2.46. The fraction of sp³-hybridized carbons (Fsp3) is 0.0938. The summed E-state index contributed by atoms with van der Waals surface area (Å²) in [7, 11) is 0.580. The van der Waals surface area contributed by atoms with Gasteiger partial charge in [-0.1, -0.05) is 194 Å². The van der Waals surface area contributed by atoms with E-state index >= 15 is 0 Å². The van der Waals surface area contributed by atoms with Crippen LogP contribution in [0.2, 0.25) is 0 Å². The average Bonchev–Trinajstić information content (AvgIpc) is 3.44. The van der Waals surface area contributed by atoms with Crippen LogP contribution >= 0.6 is 15.8 Å². The molecule has 0 saturated heterocycles. The van der Waals surface area contributed by atoms with Crippen LogP contribution in [0.3, 0.4) is 0 Å². The lowest BCUT2D eigenvalue weighted by Crippen LogP contribution is -2.29. The average molecular weight is 979 g/mol. The summed E-state index contributed by atoms with van der Waals surface area (Å²) in [6.07, 6.45) is 0. The number of carbonyl (C=O) groups is 2. The normalized spacial score (nSPS) is 12.1. The minimum absolute atomic E-state index is 0.377. The van der Waals surface area contributed by atoms with Crippen molar-refractivity contribution in [2.75, 3.05) is 14.2 Å². The van der Waals surface area contributed by atoms with E-state index in [0.29, 0.717) is 11.5 Å². The van der Waals surface area contributed by atoms with Gasteiger partial charge in [0.15, 0.2) is 0 Å². The molecular formula is C64H52O6P2. The fourth-order valence-corrected chi connectivity index (χ4v) is 14.2. The van der Waals surface area contributed by atoms with Crippen molar-refractivity contribution in [3.8, 4) is 34.1 Å². The van der Waals surface area contributed by atoms with E-state index in [2.05, 4.69) is 109 Å². The Balaban J connectivity index is 1.16. The first-order chi connectivity index (χ1) is 35.3. The van der Waals surface area contributed by atoms with Crippen molar-refractivity contribution in [2.45, 2.75) is 25.7 Å². The number of ether oxygens (including phenoxy) is 4. The molecule has 10 rings (SSSR count). The van der Waals surface area contributed by atoms with Crippen molar-refractivity contribution in [1.82, 2.24) is 0 Å². The number of benzene rings is 10. The maximum Gasteiger partial charge on any atom is 0.318 e. The molecule has 354 valence electrons. The Morgan fingerprint density at radius 3 is 1.01 bits per heavy atom. The Morgan fingerprint density at radius 1 is 0.361 bits per heavy atom. The van der Waals surface area contributed by atoms with E-state index in [-0.39, 0.29) is 11.9 Å². The molecule has 0 amide bonds. The summed E-state index contributed by atoms with van der Waals surface area (Å²) in [6, 6.07) is 77.7. The van der Waals surface area contributed by atoms with Gasteiger partial charge in [0.1, 0.15) is 23.0 Å². The summed E-state index contributed by atoms with van der Waals surface area (Å²) in [5.74, 6) is 0.531. The zero-order valence-electron chi connectivity index (χ0n) is 40.4. The van der Waals surface area contributed by atoms with Gasteiger partial charge in [0.05, 0.1) is 26.1 Å². The van der Waals surface area contributed by atoms with Gasteiger partial charge in [0.2, 0.25) is 0 Å². The quantitative estimate of drug-likeness (QED) is 0.0579. The Labute approximate surface area is 423 Å². The minimum atomic E-state index is -1.37. The SMILES string of the molecule is COc1ccc2cc([C@H](C)C(=O)Oc3cccc(-c4cccc(OC(=O)[C@@H](C)c5ccc6cc(OC)ccc6c5)c4P(c4ccccc4)c4ccccc4)c3P(c3ccccc3)c3ccccc3)ccc2c1. The number of hydrogen-bond donors (Lipinski definition) is 0. The third kappa shape index (κ3) is 10.0. The molecule has 0 aliphatic carbocycles. The first-order valence-electron chi connectivity index (χ1n) is 23.9. The number of rotatable bonds is 15. The van der Waals surface area contributed by atoms with Crippen molar-refractivity contribution >= 4 is 81.2 Å². The lowest BCUT2D eigenvalue weighted by Gasteiger charge is -2.29. The molecule has 2 atom stereocenters. The van der Waals surface area contributed by atoms with Crippen molar-refractivity contribution in [3.63, 3.8) is 0 Å². The Morgan fingerprint density at radius 2 is 0.681 bits per heavy atom. The molecule has 0 aliphatic rings. The van der Waals surface area contributed by atoms with E-state index in [1.54, 1.807) is 14.2 Å². The second-order valence-electron chi connectivity index (χ2n) is 17.5. The van der Waals surface area contributed by atoms with Gasteiger partial charge in [-0.05, 0) is 131 Å². The summed E-state index contributed by atoms with van der Waals surface area (Å²) < 4.78 is 24.5. The molecule has 0 fully saturated rings. The van der Waals surface area contributed by atoms with Gasteiger partial charge in [0, 0.05) is 10.6 Å². The molecule has 0 aliphatic heterocycles. The molecule has 8 heteroatoms. The van der Waals surface area contributed by atoms with Crippen LogP contribution in [0.5, 0.6) is 23.0 Å². The molecule has 0 unspecified atom stereocenters. The first-order valence-corrected chi connectivity index (χ1v) is 26.6. The summed E-state index contributed by atoms with van der Waals surface area (Å²) in [5, 5.41) is 10.1. The molecule has 6 nitrogen and oxygen atoms in total. The van der Waals surface area contributed by atoms with E-state index in [1.807, 2.05) is 135 Å². The predicted molar refractivity (Wildman–Crippen MR) is 298 cm³/mol. The topological polar surface area (TPSA) is 71.1 Å². The third-order valence-corrected chi connectivity index (χ3v) is 18.1. The van der Waals surface area contributed by atoms with Crippen LogP contribution in [0.15, 0.2) is 231 Å². The second-order valence-corrected chi connectivity index (χ2v) is 21.8.